The van der Waals surface area contributed by atoms with E-state index < -0.39 is 0 Å². The summed E-state index contributed by atoms with van der Waals surface area (Å²) in [5.74, 6) is 0. The van der Waals surface area contributed by atoms with Gasteiger partial charge in [0.15, 0.2) is 0 Å². The van der Waals surface area contributed by atoms with Crippen LogP contribution in [0.25, 0.3) is 0 Å². The van der Waals surface area contributed by atoms with Crippen LogP contribution in [0.5, 0.6) is 0 Å². The SMILES string of the molecule is Cc1ccnc([C@@H]2CCCCN2C=O)c1. The average molecular weight is 204 g/mol. The second-order valence-corrected chi connectivity index (χ2v) is 4.11. The van der Waals surface area contributed by atoms with Gasteiger partial charge in [-0.2, -0.15) is 0 Å². The number of aromatic nitrogens is 1. The zero-order chi connectivity index (χ0) is 10.7. The summed E-state index contributed by atoms with van der Waals surface area (Å²) in [5.41, 5.74) is 2.23. The van der Waals surface area contributed by atoms with Crippen molar-refractivity contribution in [2.24, 2.45) is 0 Å². The molecule has 3 heteroatoms. The summed E-state index contributed by atoms with van der Waals surface area (Å²) >= 11 is 0. The van der Waals surface area contributed by atoms with Crippen LogP contribution in [0.1, 0.15) is 36.6 Å². The second-order valence-electron chi connectivity index (χ2n) is 4.11. The van der Waals surface area contributed by atoms with E-state index in [0.29, 0.717) is 0 Å². The van der Waals surface area contributed by atoms with Gasteiger partial charge in [-0.15, -0.1) is 0 Å². The standard InChI is InChI=1S/C12H16N2O/c1-10-5-6-13-11(8-10)12-4-2-3-7-14(12)9-15/h5-6,8-9,12H,2-4,7H2,1H3/t12-/m0/s1. The van der Waals surface area contributed by atoms with E-state index >= 15 is 0 Å². The predicted molar refractivity (Wildman–Crippen MR) is 58.3 cm³/mol. The van der Waals surface area contributed by atoms with Gasteiger partial charge in [0, 0.05) is 12.7 Å². The fraction of sp³-hybridized carbons (Fsp3) is 0.500. The molecule has 1 saturated heterocycles. The van der Waals surface area contributed by atoms with Gasteiger partial charge >= 0.3 is 0 Å². The van der Waals surface area contributed by atoms with Crippen LogP contribution in [0.4, 0.5) is 0 Å². The summed E-state index contributed by atoms with van der Waals surface area (Å²) < 4.78 is 0. The van der Waals surface area contributed by atoms with Crippen molar-refractivity contribution in [3.8, 4) is 0 Å². The Labute approximate surface area is 90.1 Å². The highest BCUT2D eigenvalue weighted by Gasteiger charge is 2.23. The largest absolute Gasteiger partial charge is 0.337 e. The van der Waals surface area contributed by atoms with Crippen LogP contribution in [-0.2, 0) is 4.79 Å². The first kappa shape index (κ1) is 10.1. The first-order valence-electron chi connectivity index (χ1n) is 5.45. The molecule has 80 valence electrons. The van der Waals surface area contributed by atoms with Gasteiger partial charge in [-0.3, -0.25) is 9.78 Å². The zero-order valence-electron chi connectivity index (χ0n) is 9.02. The molecule has 1 amide bonds. The quantitative estimate of drug-likeness (QED) is 0.691. The molecule has 1 aromatic rings. The molecule has 15 heavy (non-hydrogen) atoms. The molecule has 0 unspecified atom stereocenters. The number of piperidine rings is 1. The summed E-state index contributed by atoms with van der Waals surface area (Å²) in [4.78, 5) is 17.2. The van der Waals surface area contributed by atoms with Gasteiger partial charge in [0.25, 0.3) is 0 Å². The van der Waals surface area contributed by atoms with Crippen LogP contribution < -0.4 is 0 Å². The summed E-state index contributed by atoms with van der Waals surface area (Å²) in [6.45, 7) is 2.92. The monoisotopic (exact) mass is 204 g/mol. The topological polar surface area (TPSA) is 33.2 Å². The lowest BCUT2D eigenvalue weighted by Gasteiger charge is -2.32. The third-order valence-corrected chi connectivity index (χ3v) is 2.96. The van der Waals surface area contributed by atoms with Crippen LogP contribution >= 0.6 is 0 Å². The summed E-state index contributed by atoms with van der Waals surface area (Å²) in [6, 6.07) is 4.25. The van der Waals surface area contributed by atoms with Crippen LogP contribution in [0.3, 0.4) is 0 Å². The number of carbonyl (C=O) groups is 1. The molecule has 1 atom stereocenters. The molecule has 1 aliphatic heterocycles. The molecule has 1 aliphatic rings. The molecule has 0 spiro atoms. The number of hydrogen-bond acceptors (Lipinski definition) is 2. The van der Waals surface area contributed by atoms with E-state index in [0.717, 1.165) is 31.5 Å². The smallest absolute Gasteiger partial charge is 0.210 e. The van der Waals surface area contributed by atoms with Crippen molar-refractivity contribution in [1.29, 1.82) is 0 Å². The van der Waals surface area contributed by atoms with Crippen LogP contribution in [-0.4, -0.2) is 22.8 Å². The molecule has 0 radical (unpaired) electrons. The van der Waals surface area contributed by atoms with E-state index in [1.165, 1.54) is 12.0 Å². The predicted octanol–water partition coefficient (Wildman–Crippen LogP) is 2.07. The van der Waals surface area contributed by atoms with Crippen LogP contribution in [0, 0.1) is 6.92 Å². The molecule has 0 aliphatic carbocycles. The molecule has 1 fully saturated rings. The first-order valence-corrected chi connectivity index (χ1v) is 5.45. The van der Waals surface area contributed by atoms with Crippen molar-refractivity contribution in [2.75, 3.05) is 6.54 Å². The minimum absolute atomic E-state index is 0.191. The number of nitrogens with zero attached hydrogens (tertiary/aromatic N) is 2. The fourth-order valence-electron chi connectivity index (χ4n) is 2.14. The maximum atomic E-state index is 10.9. The Morgan fingerprint density at radius 2 is 2.40 bits per heavy atom. The summed E-state index contributed by atoms with van der Waals surface area (Å²) in [7, 11) is 0. The van der Waals surface area contributed by atoms with E-state index in [1.54, 1.807) is 0 Å². The molecular formula is C12H16N2O. The van der Waals surface area contributed by atoms with E-state index in [-0.39, 0.29) is 6.04 Å². The van der Waals surface area contributed by atoms with Crippen molar-refractivity contribution < 1.29 is 4.79 Å². The van der Waals surface area contributed by atoms with Gasteiger partial charge in [-0.05, 0) is 43.9 Å². The molecule has 2 heterocycles. The summed E-state index contributed by atoms with van der Waals surface area (Å²) in [5, 5.41) is 0. The van der Waals surface area contributed by atoms with Gasteiger partial charge in [0.05, 0.1) is 11.7 Å². The van der Waals surface area contributed by atoms with Gasteiger partial charge < -0.3 is 4.90 Å². The molecule has 1 aromatic heterocycles. The normalized spacial score (nSPS) is 21.4. The van der Waals surface area contributed by atoms with E-state index in [1.807, 2.05) is 17.2 Å². The van der Waals surface area contributed by atoms with Crippen LogP contribution in [0.2, 0.25) is 0 Å². The maximum Gasteiger partial charge on any atom is 0.210 e. The Morgan fingerprint density at radius 1 is 1.53 bits per heavy atom. The minimum atomic E-state index is 0.191. The van der Waals surface area contributed by atoms with Crippen molar-refractivity contribution in [3.05, 3.63) is 29.6 Å². The van der Waals surface area contributed by atoms with Gasteiger partial charge in [-0.1, -0.05) is 0 Å². The maximum absolute atomic E-state index is 10.9. The van der Waals surface area contributed by atoms with Crippen molar-refractivity contribution >= 4 is 6.41 Å². The molecule has 0 bridgehead atoms. The Hall–Kier alpha value is -1.38. The lowest BCUT2D eigenvalue weighted by atomic mass is 9.99. The van der Waals surface area contributed by atoms with E-state index in [2.05, 4.69) is 18.0 Å². The highest BCUT2D eigenvalue weighted by molar-refractivity contribution is 5.48. The Balaban J connectivity index is 2.23. The molecule has 3 nitrogen and oxygen atoms in total. The zero-order valence-corrected chi connectivity index (χ0v) is 9.02. The average Bonchev–Trinajstić information content (AvgIpc) is 2.29. The number of carbonyl (C=O) groups excluding carboxylic acids is 1. The van der Waals surface area contributed by atoms with Crippen molar-refractivity contribution in [3.63, 3.8) is 0 Å². The van der Waals surface area contributed by atoms with Crippen molar-refractivity contribution in [2.45, 2.75) is 32.2 Å². The van der Waals surface area contributed by atoms with Crippen LogP contribution in [0.15, 0.2) is 18.3 Å². The highest BCUT2D eigenvalue weighted by Crippen LogP contribution is 2.28. The first-order chi connectivity index (χ1) is 7.31. The second kappa shape index (κ2) is 4.43. The minimum Gasteiger partial charge on any atom is -0.337 e. The lowest BCUT2D eigenvalue weighted by molar-refractivity contribution is -0.121. The lowest BCUT2D eigenvalue weighted by Crippen LogP contribution is -2.32. The Bertz CT molecular complexity index is 351. The molecular weight excluding hydrogens is 188 g/mol. The van der Waals surface area contributed by atoms with Crippen molar-refractivity contribution in [1.82, 2.24) is 9.88 Å². The molecule has 2 rings (SSSR count). The molecule has 0 aromatic carbocycles. The number of aryl methyl sites for hydroxylation is 1. The third-order valence-electron chi connectivity index (χ3n) is 2.96. The number of amides is 1. The number of rotatable bonds is 2. The van der Waals surface area contributed by atoms with Gasteiger partial charge in [0.1, 0.15) is 0 Å². The van der Waals surface area contributed by atoms with E-state index in [4.69, 9.17) is 0 Å². The van der Waals surface area contributed by atoms with Gasteiger partial charge in [0.2, 0.25) is 6.41 Å². The molecule has 0 saturated carbocycles. The van der Waals surface area contributed by atoms with Gasteiger partial charge in [-0.25, -0.2) is 0 Å². The number of hydrogen-bond donors (Lipinski definition) is 0. The number of likely N-dealkylation sites (tertiary alicyclic amines) is 1. The highest BCUT2D eigenvalue weighted by atomic mass is 16.1. The Kier molecular flexibility index (Phi) is 2.99. The number of pyridine rings is 1. The summed E-state index contributed by atoms with van der Waals surface area (Å²) in [6.07, 6.45) is 6.11. The fourth-order valence-corrected chi connectivity index (χ4v) is 2.14. The Morgan fingerprint density at radius 3 is 3.13 bits per heavy atom. The van der Waals surface area contributed by atoms with E-state index in [9.17, 15) is 4.79 Å². The third kappa shape index (κ3) is 2.17. The molecule has 0 N–H and O–H groups in total.